The van der Waals surface area contributed by atoms with Gasteiger partial charge in [0, 0.05) is 43.4 Å². The number of halogens is 2. The van der Waals surface area contributed by atoms with Crippen LogP contribution < -0.4 is 0 Å². The van der Waals surface area contributed by atoms with E-state index in [4.69, 9.17) is 5.26 Å². The van der Waals surface area contributed by atoms with E-state index in [1.165, 1.54) is 18.5 Å². The molecule has 0 N–H and O–H groups in total. The van der Waals surface area contributed by atoms with E-state index in [1.807, 2.05) is 0 Å². The molecule has 1 aliphatic heterocycles. The molecule has 1 aliphatic rings. The molecule has 4 rings (SSSR count). The lowest BCUT2D eigenvalue weighted by Crippen LogP contribution is -2.38. The van der Waals surface area contributed by atoms with Crippen LogP contribution in [0.25, 0.3) is 11.4 Å². The van der Waals surface area contributed by atoms with Crippen LogP contribution in [0.15, 0.2) is 48.9 Å². The second kappa shape index (κ2) is 8.96. The number of likely N-dealkylation sites (tertiary alicyclic amines) is 1. The predicted molar refractivity (Wildman–Crippen MR) is 109 cm³/mol. The molecule has 31 heavy (non-hydrogen) atoms. The van der Waals surface area contributed by atoms with Crippen molar-refractivity contribution in [1.29, 1.82) is 5.26 Å². The average Bonchev–Trinajstić information content (AvgIpc) is 2.81. The van der Waals surface area contributed by atoms with Gasteiger partial charge in [0.25, 0.3) is 5.91 Å². The molecule has 0 unspecified atom stereocenters. The van der Waals surface area contributed by atoms with E-state index in [2.05, 4.69) is 21.0 Å². The van der Waals surface area contributed by atoms with Gasteiger partial charge in [-0.25, -0.2) is 18.7 Å². The molecule has 1 fully saturated rings. The van der Waals surface area contributed by atoms with Gasteiger partial charge in [0.1, 0.15) is 23.7 Å². The summed E-state index contributed by atoms with van der Waals surface area (Å²) in [6.45, 7) is 1.04. The van der Waals surface area contributed by atoms with Crippen LogP contribution in [0.3, 0.4) is 0 Å². The van der Waals surface area contributed by atoms with Crippen LogP contribution in [0.2, 0.25) is 0 Å². The third kappa shape index (κ3) is 4.56. The Morgan fingerprint density at radius 1 is 1.13 bits per heavy atom. The molecule has 1 amide bonds. The number of aromatic nitrogens is 3. The molecule has 0 saturated carbocycles. The zero-order valence-electron chi connectivity index (χ0n) is 16.6. The number of benzene rings is 1. The third-order valence-corrected chi connectivity index (χ3v) is 5.36. The Morgan fingerprint density at radius 3 is 2.68 bits per heavy atom. The highest BCUT2D eigenvalue weighted by molar-refractivity contribution is 5.99. The van der Waals surface area contributed by atoms with Gasteiger partial charge in [-0.2, -0.15) is 5.26 Å². The van der Waals surface area contributed by atoms with Gasteiger partial charge in [-0.3, -0.25) is 9.78 Å². The van der Waals surface area contributed by atoms with Crippen LogP contribution >= 0.6 is 0 Å². The maximum Gasteiger partial charge on any atom is 0.256 e. The molecule has 1 aromatic carbocycles. The molecule has 1 saturated heterocycles. The first-order chi connectivity index (χ1) is 15.0. The van der Waals surface area contributed by atoms with E-state index in [1.54, 1.807) is 29.3 Å². The normalized spacial score (nSPS) is 14.3. The lowest BCUT2D eigenvalue weighted by atomic mass is 9.97. The van der Waals surface area contributed by atoms with Crippen LogP contribution in [-0.4, -0.2) is 38.8 Å². The standard InChI is InChI=1S/C23H19F2N5O/c24-17-4-3-16(20(25)11-17)10-18-12-21(29-14-28-18)22-19(2-1-7-27-22)23(31)30-8-5-15(13-26)6-9-30/h1-4,7,11-12,14-15H,5-6,8-10H2. The molecule has 0 spiro atoms. The summed E-state index contributed by atoms with van der Waals surface area (Å²) < 4.78 is 27.2. The summed E-state index contributed by atoms with van der Waals surface area (Å²) in [5, 5.41) is 9.07. The highest BCUT2D eigenvalue weighted by atomic mass is 19.1. The van der Waals surface area contributed by atoms with E-state index in [0.717, 1.165) is 6.07 Å². The summed E-state index contributed by atoms with van der Waals surface area (Å²) in [4.78, 5) is 27.6. The van der Waals surface area contributed by atoms with E-state index in [9.17, 15) is 13.6 Å². The predicted octanol–water partition coefficient (Wildman–Crippen LogP) is 3.78. The molecule has 2 aromatic heterocycles. The Hall–Kier alpha value is -3.73. The summed E-state index contributed by atoms with van der Waals surface area (Å²) in [7, 11) is 0. The lowest BCUT2D eigenvalue weighted by Gasteiger charge is -2.29. The Labute approximate surface area is 178 Å². The quantitative estimate of drug-likeness (QED) is 0.643. The van der Waals surface area contributed by atoms with Gasteiger partial charge in [0.05, 0.1) is 17.3 Å². The molecule has 0 atom stereocenters. The fourth-order valence-electron chi connectivity index (χ4n) is 3.65. The van der Waals surface area contributed by atoms with Crippen molar-refractivity contribution < 1.29 is 13.6 Å². The van der Waals surface area contributed by atoms with Crippen LogP contribution in [-0.2, 0) is 6.42 Å². The largest absolute Gasteiger partial charge is 0.338 e. The SMILES string of the molecule is N#CC1CCN(C(=O)c2cccnc2-c2cc(Cc3ccc(F)cc3F)ncn2)CC1. The van der Waals surface area contributed by atoms with Crippen LogP contribution in [0.1, 0.15) is 34.5 Å². The average molecular weight is 419 g/mol. The maximum atomic E-state index is 14.0. The lowest BCUT2D eigenvalue weighted by molar-refractivity contribution is 0.0707. The summed E-state index contributed by atoms with van der Waals surface area (Å²) >= 11 is 0. The van der Waals surface area contributed by atoms with Crippen molar-refractivity contribution in [3.05, 3.63) is 77.4 Å². The minimum atomic E-state index is -0.644. The van der Waals surface area contributed by atoms with Crippen molar-refractivity contribution in [2.24, 2.45) is 5.92 Å². The number of rotatable bonds is 4. The van der Waals surface area contributed by atoms with E-state index < -0.39 is 11.6 Å². The number of carbonyl (C=O) groups is 1. The van der Waals surface area contributed by atoms with Gasteiger partial charge in [-0.15, -0.1) is 0 Å². The van der Waals surface area contributed by atoms with Gasteiger partial charge >= 0.3 is 0 Å². The van der Waals surface area contributed by atoms with Crippen molar-refractivity contribution in [3.63, 3.8) is 0 Å². The highest BCUT2D eigenvalue weighted by Gasteiger charge is 2.26. The molecule has 3 aromatic rings. The minimum Gasteiger partial charge on any atom is -0.338 e. The smallest absolute Gasteiger partial charge is 0.256 e. The number of piperidine rings is 1. The number of nitriles is 1. The molecular weight excluding hydrogens is 400 g/mol. The third-order valence-electron chi connectivity index (χ3n) is 5.36. The van der Waals surface area contributed by atoms with Crippen molar-refractivity contribution in [1.82, 2.24) is 19.9 Å². The summed E-state index contributed by atoms with van der Waals surface area (Å²) in [5.74, 6) is -1.47. The zero-order chi connectivity index (χ0) is 21.8. The number of hydrogen-bond donors (Lipinski definition) is 0. The Bertz CT molecular complexity index is 1150. The summed E-state index contributed by atoms with van der Waals surface area (Å²) in [6.07, 6.45) is 4.37. The number of amides is 1. The molecule has 156 valence electrons. The van der Waals surface area contributed by atoms with Crippen LogP contribution in [0, 0.1) is 28.9 Å². The Balaban J connectivity index is 1.60. The van der Waals surface area contributed by atoms with E-state index in [-0.39, 0.29) is 18.2 Å². The number of pyridine rings is 1. The van der Waals surface area contributed by atoms with Gasteiger partial charge in [0.2, 0.25) is 0 Å². The Kier molecular flexibility index (Phi) is 5.94. The molecule has 3 heterocycles. The number of carbonyl (C=O) groups excluding carboxylic acids is 1. The van der Waals surface area contributed by atoms with Crippen molar-refractivity contribution in [3.8, 4) is 17.5 Å². The van der Waals surface area contributed by atoms with E-state index >= 15 is 0 Å². The second-order valence-corrected chi connectivity index (χ2v) is 7.40. The second-order valence-electron chi connectivity index (χ2n) is 7.40. The zero-order valence-corrected chi connectivity index (χ0v) is 16.6. The molecule has 0 bridgehead atoms. The number of nitrogens with zero attached hydrogens (tertiary/aromatic N) is 5. The van der Waals surface area contributed by atoms with Gasteiger partial charge in [0.15, 0.2) is 0 Å². The van der Waals surface area contributed by atoms with Gasteiger partial charge < -0.3 is 4.90 Å². The molecule has 0 radical (unpaired) electrons. The van der Waals surface area contributed by atoms with Crippen LogP contribution in [0.5, 0.6) is 0 Å². The fraction of sp³-hybridized carbons (Fsp3) is 0.261. The monoisotopic (exact) mass is 419 g/mol. The summed E-state index contributed by atoms with van der Waals surface area (Å²) in [6, 6.07) is 10.7. The van der Waals surface area contributed by atoms with E-state index in [0.29, 0.717) is 54.1 Å². The molecule has 6 nitrogen and oxygen atoms in total. The fourth-order valence-corrected chi connectivity index (χ4v) is 3.65. The van der Waals surface area contributed by atoms with Crippen molar-refractivity contribution in [2.45, 2.75) is 19.3 Å². The van der Waals surface area contributed by atoms with Gasteiger partial charge in [-0.1, -0.05) is 6.07 Å². The topological polar surface area (TPSA) is 82.8 Å². The minimum absolute atomic E-state index is 0.0197. The molecule has 0 aliphatic carbocycles. The Morgan fingerprint density at radius 2 is 1.94 bits per heavy atom. The first-order valence-corrected chi connectivity index (χ1v) is 9.94. The molecule has 8 heteroatoms. The van der Waals surface area contributed by atoms with Crippen LogP contribution in [0.4, 0.5) is 8.78 Å². The summed E-state index contributed by atoms with van der Waals surface area (Å²) in [5.41, 5.74) is 2.11. The van der Waals surface area contributed by atoms with Gasteiger partial charge in [-0.05, 0) is 42.7 Å². The molecular formula is C23H19F2N5O. The van der Waals surface area contributed by atoms with Crippen molar-refractivity contribution in [2.75, 3.05) is 13.1 Å². The maximum absolute atomic E-state index is 14.0. The van der Waals surface area contributed by atoms with Crippen molar-refractivity contribution >= 4 is 5.91 Å². The first kappa shape index (κ1) is 20.5. The first-order valence-electron chi connectivity index (χ1n) is 9.94. The number of hydrogen-bond acceptors (Lipinski definition) is 5. The highest BCUT2D eigenvalue weighted by Crippen LogP contribution is 2.24.